The molecule has 0 unspecified atom stereocenters. The minimum atomic E-state index is -0.0128. The number of ether oxygens (including phenoxy) is 1. The highest BCUT2D eigenvalue weighted by Gasteiger charge is 2.30. The molecule has 4 N–H and O–H groups in total. The predicted molar refractivity (Wildman–Crippen MR) is 162 cm³/mol. The smallest absolute Gasteiger partial charge is 0.164 e. The van der Waals surface area contributed by atoms with Crippen molar-refractivity contribution in [3.63, 3.8) is 0 Å². The van der Waals surface area contributed by atoms with Crippen molar-refractivity contribution in [1.29, 1.82) is 0 Å². The van der Waals surface area contributed by atoms with Gasteiger partial charge in [-0.05, 0) is 50.9 Å². The number of para-hydroxylation sites is 1. The largest absolute Gasteiger partial charge is 0.491 e. The third-order valence-corrected chi connectivity index (χ3v) is 8.55. The molecule has 2 aromatic heterocycles. The first kappa shape index (κ1) is 27.4. The lowest BCUT2D eigenvalue weighted by Gasteiger charge is -2.41. The van der Waals surface area contributed by atoms with Crippen LogP contribution in [0, 0.1) is 0 Å². The van der Waals surface area contributed by atoms with E-state index in [1.165, 1.54) is 25.9 Å². The lowest BCUT2D eigenvalue weighted by Crippen LogP contribution is -2.49. The molecule has 1 saturated carbocycles. The molecule has 4 aromatic rings. The highest BCUT2D eigenvalue weighted by Crippen LogP contribution is 2.37. The molecule has 0 bridgehead atoms. The van der Waals surface area contributed by atoms with Crippen LogP contribution in [0.2, 0.25) is 0 Å². The number of aliphatic hydroxyl groups excluding tert-OH is 1. The van der Waals surface area contributed by atoms with Crippen molar-refractivity contribution in [3.8, 4) is 17.0 Å². The molecule has 6 rings (SSSR count). The first-order valence-corrected chi connectivity index (χ1v) is 14.7. The third kappa shape index (κ3) is 6.00. The van der Waals surface area contributed by atoms with Gasteiger partial charge in [0, 0.05) is 55.6 Å². The average Bonchev–Trinajstić information content (AvgIpc) is 3.41. The van der Waals surface area contributed by atoms with E-state index in [2.05, 4.69) is 61.1 Å². The first-order chi connectivity index (χ1) is 20.1. The van der Waals surface area contributed by atoms with Crippen molar-refractivity contribution < 1.29 is 9.84 Å². The topological polar surface area (TPSA) is 118 Å². The Morgan fingerprint density at radius 2 is 1.68 bits per heavy atom. The number of nitrogen functional groups attached to an aromatic ring is 1. The number of fused-ring (bicyclic) bond motifs is 1. The van der Waals surface area contributed by atoms with Crippen LogP contribution in [-0.4, -0.2) is 87.1 Å². The third-order valence-electron chi connectivity index (χ3n) is 8.55. The Labute approximate surface area is 241 Å². The molecule has 2 fully saturated rings. The van der Waals surface area contributed by atoms with Crippen LogP contribution in [0.1, 0.15) is 37.3 Å². The molecule has 10 nitrogen and oxygen atoms in total. The summed E-state index contributed by atoms with van der Waals surface area (Å²) in [7, 11) is 2.21. The van der Waals surface area contributed by atoms with Gasteiger partial charge in [-0.15, -0.1) is 0 Å². The standard InChI is InChI=1S/C31H40N8O2/c1-37-14-16-38(17-15-37)25-10-12-26(13-11-25)39-31-28(30(32)34-21-35-31)29(36-39)22-6-8-24(9-7-22)33-20-23-4-2-3-5-27(23)41-19-18-40/h2-9,21,25-26,33,40H,10-20H2,1H3,(H2,32,34,35)/t25-,26+. The van der Waals surface area contributed by atoms with Crippen LogP contribution >= 0.6 is 0 Å². The summed E-state index contributed by atoms with van der Waals surface area (Å²) >= 11 is 0. The van der Waals surface area contributed by atoms with Crippen LogP contribution < -0.4 is 15.8 Å². The van der Waals surface area contributed by atoms with E-state index in [-0.39, 0.29) is 13.2 Å². The zero-order valence-electron chi connectivity index (χ0n) is 23.7. The summed E-state index contributed by atoms with van der Waals surface area (Å²) in [6.07, 6.45) is 6.08. The van der Waals surface area contributed by atoms with Crippen molar-refractivity contribution in [2.75, 3.05) is 57.5 Å². The number of nitrogens with zero attached hydrogens (tertiary/aromatic N) is 6. The SMILES string of the molecule is CN1CCN([C@H]2CC[C@@H](n3nc(-c4ccc(NCc5ccccc5OCCO)cc4)c4c(N)ncnc43)CC2)CC1. The normalized spacial score (nSPS) is 20.3. The number of nitrogens with one attached hydrogen (secondary N) is 1. The number of aliphatic hydroxyl groups is 1. The van der Waals surface area contributed by atoms with Gasteiger partial charge in [0.1, 0.15) is 30.2 Å². The van der Waals surface area contributed by atoms with Gasteiger partial charge in [-0.2, -0.15) is 5.10 Å². The van der Waals surface area contributed by atoms with E-state index >= 15 is 0 Å². The fraction of sp³-hybridized carbons (Fsp3) is 0.452. The Balaban J connectivity index is 1.17. The van der Waals surface area contributed by atoms with Crippen LogP contribution in [0.25, 0.3) is 22.3 Å². The van der Waals surface area contributed by atoms with Crippen molar-refractivity contribution in [3.05, 3.63) is 60.4 Å². The second kappa shape index (κ2) is 12.4. The fourth-order valence-corrected chi connectivity index (χ4v) is 6.20. The van der Waals surface area contributed by atoms with E-state index in [0.717, 1.165) is 65.2 Å². The van der Waals surface area contributed by atoms with Gasteiger partial charge < -0.3 is 25.8 Å². The molecule has 10 heteroatoms. The number of rotatable bonds is 9. The molecule has 1 saturated heterocycles. The summed E-state index contributed by atoms with van der Waals surface area (Å²) in [4.78, 5) is 14.0. The molecule has 41 heavy (non-hydrogen) atoms. The number of likely N-dealkylation sites (N-methyl/N-ethyl adjacent to an activating group) is 1. The molecule has 1 aliphatic heterocycles. The van der Waals surface area contributed by atoms with E-state index in [1.54, 1.807) is 6.33 Å². The molecular formula is C31H40N8O2. The van der Waals surface area contributed by atoms with Gasteiger partial charge in [0.2, 0.25) is 0 Å². The van der Waals surface area contributed by atoms with Gasteiger partial charge in [-0.25, -0.2) is 14.6 Å². The number of nitrogens with two attached hydrogens (primary N) is 1. The Morgan fingerprint density at radius 1 is 0.951 bits per heavy atom. The number of hydrogen-bond donors (Lipinski definition) is 3. The molecule has 216 valence electrons. The maximum atomic E-state index is 9.11. The Kier molecular flexibility index (Phi) is 8.31. The van der Waals surface area contributed by atoms with E-state index in [9.17, 15) is 0 Å². The maximum Gasteiger partial charge on any atom is 0.164 e. The van der Waals surface area contributed by atoms with Crippen LogP contribution in [0.15, 0.2) is 54.9 Å². The summed E-state index contributed by atoms with van der Waals surface area (Å²) in [5.41, 5.74) is 11.0. The summed E-state index contributed by atoms with van der Waals surface area (Å²) in [6.45, 7) is 5.51. The zero-order valence-corrected chi connectivity index (χ0v) is 23.7. The van der Waals surface area contributed by atoms with Gasteiger partial charge >= 0.3 is 0 Å². The van der Waals surface area contributed by atoms with Gasteiger partial charge in [0.15, 0.2) is 5.65 Å². The van der Waals surface area contributed by atoms with Crippen LogP contribution in [0.5, 0.6) is 5.75 Å². The van der Waals surface area contributed by atoms with Crippen LogP contribution in [-0.2, 0) is 6.54 Å². The monoisotopic (exact) mass is 556 g/mol. The molecule has 1 aliphatic carbocycles. The average molecular weight is 557 g/mol. The highest BCUT2D eigenvalue weighted by atomic mass is 16.5. The van der Waals surface area contributed by atoms with E-state index in [4.69, 9.17) is 20.7 Å². The molecule has 0 amide bonds. The van der Waals surface area contributed by atoms with Gasteiger partial charge in [0.25, 0.3) is 0 Å². The minimum absolute atomic E-state index is 0.0128. The lowest BCUT2D eigenvalue weighted by atomic mass is 9.90. The van der Waals surface area contributed by atoms with E-state index in [0.29, 0.717) is 24.4 Å². The second-order valence-electron chi connectivity index (χ2n) is 11.2. The number of anilines is 2. The first-order valence-electron chi connectivity index (χ1n) is 14.7. The molecule has 0 radical (unpaired) electrons. The molecule has 2 aromatic carbocycles. The lowest BCUT2D eigenvalue weighted by molar-refractivity contribution is 0.0815. The number of benzene rings is 2. The molecule has 0 spiro atoms. The fourth-order valence-electron chi connectivity index (χ4n) is 6.20. The van der Waals surface area contributed by atoms with Gasteiger partial charge in [0.05, 0.1) is 18.0 Å². The summed E-state index contributed by atoms with van der Waals surface area (Å²) in [5, 5.41) is 18.5. The van der Waals surface area contributed by atoms with Crippen molar-refractivity contribution in [2.24, 2.45) is 0 Å². The quantitative estimate of drug-likeness (QED) is 0.283. The molecule has 0 atom stereocenters. The number of hydrogen-bond acceptors (Lipinski definition) is 9. The Bertz CT molecular complexity index is 1440. The number of piperazine rings is 1. The van der Waals surface area contributed by atoms with E-state index < -0.39 is 0 Å². The summed E-state index contributed by atoms with van der Waals surface area (Å²) in [6, 6.07) is 17.1. The van der Waals surface area contributed by atoms with Crippen molar-refractivity contribution in [1.82, 2.24) is 29.5 Å². The zero-order chi connectivity index (χ0) is 28.2. The Morgan fingerprint density at radius 3 is 2.44 bits per heavy atom. The molecule has 3 heterocycles. The van der Waals surface area contributed by atoms with Crippen molar-refractivity contribution >= 4 is 22.5 Å². The predicted octanol–water partition coefficient (Wildman–Crippen LogP) is 3.79. The molecule has 2 aliphatic rings. The summed E-state index contributed by atoms with van der Waals surface area (Å²) in [5.74, 6) is 1.24. The Hall–Kier alpha value is -3.73. The van der Waals surface area contributed by atoms with Crippen LogP contribution in [0.4, 0.5) is 11.5 Å². The minimum Gasteiger partial charge on any atom is -0.491 e. The van der Waals surface area contributed by atoms with Crippen molar-refractivity contribution in [2.45, 2.75) is 44.3 Å². The van der Waals surface area contributed by atoms with Crippen LogP contribution in [0.3, 0.4) is 0 Å². The second-order valence-corrected chi connectivity index (χ2v) is 11.2. The highest BCUT2D eigenvalue weighted by molar-refractivity contribution is 5.98. The van der Waals surface area contributed by atoms with Gasteiger partial charge in [-0.3, -0.25) is 4.90 Å². The van der Waals surface area contributed by atoms with Gasteiger partial charge in [-0.1, -0.05) is 30.3 Å². The number of aromatic nitrogens is 4. The summed E-state index contributed by atoms with van der Waals surface area (Å²) < 4.78 is 7.78. The molecular weight excluding hydrogens is 516 g/mol. The van der Waals surface area contributed by atoms with E-state index in [1.807, 2.05) is 24.3 Å². The maximum absolute atomic E-state index is 9.11.